The molecule has 0 aromatic heterocycles. The van der Waals surface area contributed by atoms with Gasteiger partial charge in [0, 0.05) is 0 Å². The molecule has 8 heavy (non-hydrogen) atoms. The maximum Gasteiger partial charge on any atom is 0.283 e. The van der Waals surface area contributed by atoms with E-state index in [9.17, 15) is 4.79 Å². The minimum Gasteiger partial charge on any atom is -0.469 e. The molecule has 1 heterocycles. The third kappa shape index (κ3) is 0.804. The summed E-state index contributed by atoms with van der Waals surface area (Å²) in [7, 11) is 1.46. The van der Waals surface area contributed by atoms with Crippen molar-refractivity contribution in [1.82, 2.24) is 0 Å². The Balaban J connectivity index is 2.57. The molecule has 0 aromatic rings. The van der Waals surface area contributed by atoms with E-state index in [4.69, 9.17) is 4.74 Å². The van der Waals surface area contributed by atoms with Crippen LogP contribution < -0.4 is 0 Å². The summed E-state index contributed by atoms with van der Waals surface area (Å²) in [4.78, 5) is 10.3. The van der Waals surface area contributed by atoms with Crippen LogP contribution in [0.1, 0.15) is 0 Å². The summed E-state index contributed by atoms with van der Waals surface area (Å²) in [5, 5.41) is 0. The molecule has 0 saturated heterocycles. The zero-order valence-corrected chi connectivity index (χ0v) is 4.51. The lowest BCUT2D eigenvalue weighted by Gasteiger charge is -1.96. The molecule has 1 aliphatic heterocycles. The number of carbonyl (C=O) groups is 1. The Hall–Kier alpha value is -0.990. The van der Waals surface area contributed by atoms with Crippen LogP contribution >= 0.6 is 0 Å². The minimum atomic E-state index is -0.0400. The van der Waals surface area contributed by atoms with E-state index in [1.54, 1.807) is 0 Å². The normalized spacial score (nSPS) is 17.6. The van der Waals surface area contributed by atoms with Gasteiger partial charge in [0.1, 0.15) is 0 Å². The number of ketones is 1. The molecule has 44 valence electrons. The summed E-state index contributed by atoms with van der Waals surface area (Å²) in [6.45, 7) is 0.128. The van der Waals surface area contributed by atoms with Gasteiger partial charge < -0.3 is 9.47 Å². The number of carbonyl (C=O) groups excluding carboxylic acids is 1. The molecule has 0 N–H and O–H groups in total. The largest absolute Gasteiger partial charge is 0.469 e. The third-order valence-electron chi connectivity index (χ3n) is 0.837. The molecular formula is C5H6O3. The maximum absolute atomic E-state index is 10.3. The molecule has 0 fully saturated rings. The highest BCUT2D eigenvalue weighted by molar-refractivity contribution is 5.92. The Morgan fingerprint density at radius 2 is 2.62 bits per heavy atom. The Morgan fingerprint density at radius 3 is 2.88 bits per heavy atom. The maximum atomic E-state index is 10.3. The van der Waals surface area contributed by atoms with Gasteiger partial charge in [0.2, 0.25) is 0 Å². The zero-order chi connectivity index (χ0) is 5.98. The number of rotatable bonds is 1. The van der Waals surface area contributed by atoms with Crippen LogP contribution in [0.5, 0.6) is 0 Å². The molecule has 1 rings (SSSR count). The van der Waals surface area contributed by atoms with Gasteiger partial charge in [0.25, 0.3) is 5.95 Å². The zero-order valence-electron chi connectivity index (χ0n) is 4.51. The Bertz CT molecular complexity index is 137. The van der Waals surface area contributed by atoms with Crippen molar-refractivity contribution in [1.29, 1.82) is 0 Å². The van der Waals surface area contributed by atoms with Crippen molar-refractivity contribution in [2.45, 2.75) is 0 Å². The second-order valence-electron chi connectivity index (χ2n) is 1.42. The van der Waals surface area contributed by atoms with Crippen molar-refractivity contribution < 1.29 is 14.3 Å². The highest BCUT2D eigenvalue weighted by Gasteiger charge is 2.11. The molecule has 3 nitrogen and oxygen atoms in total. The van der Waals surface area contributed by atoms with Crippen LogP contribution in [0.3, 0.4) is 0 Å². The van der Waals surface area contributed by atoms with E-state index in [-0.39, 0.29) is 12.4 Å². The van der Waals surface area contributed by atoms with Gasteiger partial charge in [0.15, 0.2) is 12.4 Å². The highest BCUT2D eigenvalue weighted by Crippen LogP contribution is 2.04. The summed E-state index contributed by atoms with van der Waals surface area (Å²) < 4.78 is 9.30. The van der Waals surface area contributed by atoms with Gasteiger partial charge in [-0.15, -0.1) is 0 Å². The van der Waals surface area contributed by atoms with Crippen LogP contribution in [0.25, 0.3) is 0 Å². The van der Waals surface area contributed by atoms with E-state index in [0.717, 1.165) is 0 Å². The first kappa shape index (κ1) is 5.15. The van der Waals surface area contributed by atoms with Gasteiger partial charge in [0.05, 0.1) is 13.2 Å². The molecular weight excluding hydrogens is 108 g/mol. The van der Waals surface area contributed by atoms with E-state index in [2.05, 4.69) is 4.74 Å². The molecule has 3 heteroatoms. The molecule has 0 radical (unpaired) electrons. The Kier molecular flexibility index (Phi) is 1.20. The van der Waals surface area contributed by atoms with E-state index in [1.165, 1.54) is 13.2 Å². The Labute approximate surface area is 46.9 Å². The number of methoxy groups -OCH3 is 1. The molecule has 0 amide bonds. The average molecular weight is 114 g/mol. The summed E-state index contributed by atoms with van der Waals surface area (Å²) in [6, 6.07) is 0. The molecule has 0 saturated carbocycles. The van der Waals surface area contributed by atoms with Crippen molar-refractivity contribution in [2.75, 3.05) is 13.7 Å². The van der Waals surface area contributed by atoms with Crippen molar-refractivity contribution in [3.05, 3.63) is 12.0 Å². The monoisotopic (exact) mass is 114 g/mol. The molecule has 0 atom stereocenters. The fraction of sp³-hybridized carbons (Fsp3) is 0.400. The van der Waals surface area contributed by atoms with Crippen LogP contribution in [-0.4, -0.2) is 19.5 Å². The molecule has 0 unspecified atom stereocenters. The number of hydrogen-bond acceptors (Lipinski definition) is 3. The van der Waals surface area contributed by atoms with Crippen LogP contribution in [0.4, 0.5) is 0 Å². The first-order chi connectivity index (χ1) is 3.83. The first-order valence-electron chi connectivity index (χ1n) is 2.24. The minimum absolute atomic E-state index is 0.0400. The standard InChI is InChI=1S/C5H6O3/c1-7-5-2-4(6)3-8-5/h2H,3H2,1H3. The van der Waals surface area contributed by atoms with Crippen LogP contribution in [0.15, 0.2) is 12.0 Å². The molecule has 0 spiro atoms. The quantitative estimate of drug-likeness (QED) is 0.484. The SMILES string of the molecule is COC1=CC(=O)CO1. The molecule has 1 aliphatic rings. The molecule has 0 aliphatic carbocycles. The third-order valence-corrected chi connectivity index (χ3v) is 0.837. The summed E-state index contributed by atoms with van der Waals surface area (Å²) in [6.07, 6.45) is 1.33. The topological polar surface area (TPSA) is 35.5 Å². The summed E-state index contributed by atoms with van der Waals surface area (Å²) >= 11 is 0. The van der Waals surface area contributed by atoms with Crippen molar-refractivity contribution in [3.63, 3.8) is 0 Å². The predicted molar refractivity (Wildman–Crippen MR) is 26.1 cm³/mol. The lowest BCUT2D eigenvalue weighted by molar-refractivity contribution is -0.116. The van der Waals surface area contributed by atoms with Gasteiger partial charge in [-0.2, -0.15) is 0 Å². The molecule has 0 bridgehead atoms. The van der Waals surface area contributed by atoms with E-state index < -0.39 is 0 Å². The van der Waals surface area contributed by atoms with E-state index in [1.807, 2.05) is 0 Å². The van der Waals surface area contributed by atoms with E-state index >= 15 is 0 Å². The van der Waals surface area contributed by atoms with Crippen molar-refractivity contribution in [3.8, 4) is 0 Å². The lowest BCUT2D eigenvalue weighted by Crippen LogP contribution is -1.93. The first-order valence-corrected chi connectivity index (χ1v) is 2.24. The second-order valence-corrected chi connectivity index (χ2v) is 1.42. The highest BCUT2D eigenvalue weighted by atomic mass is 16.7. The second kappa shape index (κ2) is 1.86. The van der Waals surface area contributed by atoms with Gasteiger partial charge in [-0.1, -0.05) is 0 Å². The Morgan fingerprint density at radius 1 is 1.88 bits per heavy atom. The van der Waals surface area contributed by atoms with Crippen LogP contribution in [0.2, 0.25) is 0 Å². The lowest BCUT2D eigenvalue weighted by atomic mass is 10.4. The fourth-order valence-corrected chi connectivity index (χ4v) is 0.475. The van der Waals surface area contributed by atoms with Crippen molar-refractivity contribution >= 4 is 5.78 Å². The fourth-order valence-electron chi connectivity index (χ4n) is 0.475. The van der Waals surface area contributed by atoms with E-state index in [0.29, 0.717) is 5.95 Å². The molecule has 0 aromatic carbocycles. The smallest absolute Gasteiger partial charge is 0.283 e. The van der Waals surface area contributed by atoms with Gasteiger partial charge in [-0.3, -0.25) is 4.79 Å². The van der Waals surface area contributed by atoms with Crippen LogP contribution in [0, 0.1) is 0 Å². The average Bonchev–Trinajstić information content (AvgIpc) is 2.14. The van der Waals surface area contributed by atoms with Gasteiger partial charge in [-0.25, -0.2) is 0 Å². The number of ether oxygens (including phenoxy) is 2. The van der Waals surface area contributed by atoms with Gasteiger partial charge >= 0.3 is 0 Å². The van der Waals surface area contributed by atoms with Crippen LogP contribution in [-0.2, 0) is 14.3 Å². The summed E-state index contributed by atoms with van der Waals surface area (Å²) in [5.41, 5.74) is 0. The summed E-state index contributed by atoms with van der Waals surface area (Å²) in [5.74, 6) is 0.275. The van der Waals surface area contributed by atoms with Crippen molar-refractivity contribution in [2.24, 2.45) is 0 Å². The number of hydrogen-bond donors (Lipinski definition) is 0. The van der Waals surface area contributed by atoms with Gasteiger partial charge in [-0.05, 0) is 0 Å². The predicted octanol–water partition coefficient (Wildman–Crippen LogP) is 0.0735.